The number of rotatable bonds is 0. The van der Waals surface area contributed by atoms with Gasteiger partial charge in [0.15, 0.2) is 0 Å². The van der Waals surface area contributed by atoms with E-state index in [0.29, 0.717) is 16.6 Å². The Balaban J connectivity index is 0. The quantitative estimate of drug-likeness (QED) is 0.416. The molecule has 5 heavy (non-hydrogen) atoms. The Bertz CT molecular complexity index is 7.61. The molecule has 5 heteroatoms. The Labute approximate surface area is 57.1 Å². The van der Waals surface area contributed by atoms with E-state index in [2.05, 4.69) is 15.2 Å². The lowest BCUT2D eigenvalue weighted by molar-refractivity contribution is 0.694. The van der Waals surface area contributed by atoms with Crippen LogP contribution in [0.1, 0.15) is 0 Å². The summed E-state index contributed by atoms with van der Waals surface area (Å²) in [5.74, 6) is 0. The summed E-state index contributed by atoms with van der Waals surface area (Å²) in [4.78, 5) is 0. The van der Waals surface area contributed by atoms with E-state index in [9.17, 15) is 0 Å². The summed E-state index contributed by atoms with van der Waals surface area (Å²) >= 11 is 5.97. The Kier molecular flexibility index (Phi) is 34.3. The minimum Gasteiger partial charge on any atom is -0.417 e. The summed E-state index contributed by atoms with van der Waals surface area (Å²) in [5, 5.41) is 0. The van der Waals surface area contributed by atoms with Crippen LogP contribution in [-0.4, -0.2) is 32.0 Å². The van der Waals surface area contributed by atoms with Crippen LogP contribution in [-0.2, 0) is 3.34 Å². The van der Waals surface area contributed by atoms with Gasteiger partial charge in [-0.3, -0.25) is 10.0 Å². The van der Waals surface area contributed by atoms with Crippen LogP contribution in [0, 0.1) is 0 Å². The standard InChI is InChI=1S/2Al.ClO.ClH.4H/c;;1-2;;;;;/h;;;1H;;;;/q2*+1;-1;;;;;/p-1. The highest BCUT2D eigenvalue weighted by Gasteiger charge is 1.38. The molecule has 0 heterocycles. The number of hydrogen-bond donors (Lipinski definition) is 0. The van der Waals surface area contributed by atoms with Crippen molar-refractivity contribution in [2.75, 3.05) is 0 Å². The molecule has 0 rings (SSSR count). The van der Waals surface area contributed by atoms with Crippen molar-refractivity contribution in [1.29, 1.82) is 0 Å². The first-order valence-corrected chi connectivity index (χ1v) is 5.09. The van der Waals surface area contributed by atoms with Crippen molar-refractivity contribution in [2.45, 2.75) is 0 Å². The number of hydrogen-bond acceptors (Lipinski definition) is 1. The van der Waals surface area contributed by atoms with Gasteiger partial charge in [-0.25, -0.2) is 0 Å². The van der Waals surface area contributed by atoms with Crippen LogP contribution in [0.2, 0.25) is 0 Å². The fourth-order valence-corrected chi connectivity index (χ4v) is 0. The van der Waals surface area contributed by atoms with Crippen molar-refractivity contribution in [1.82, 2.24) is 0 Å². The molecule has 0 aliphatic rings. The second kappa shape index (κ2) is 17.5. The molecule has 0 atom stereocenters. The van der Waals surface area contributed by atoms with Crippen LogP contribution in [0.4, 0.5) is 0 Å². The van der Waals surface area contributed by atoms with E-state index in [1.807, 2.05) is 0 Å². The summed E-state index contributed by atoms with van der Waals surface area (Å²) in [6, 6.07) is 0. The SMILES string of the molecule is [AlH2][Cl].[AlH2][O]Cl. The molecule has 30 valence electrons. The highest BCUT2D eigenvalue weighted by molar-refractivity contribution is 6.80. The van der Waals surface area contributed by atoms with Gasteiger partial charge in [-0.05, 0) is 0 Å². The predicted octanol–water partition coefficient (Wildman–Crippen LogP) is -0.522. The zero-order valence-electron chi connectivity index (χ0n) is 3.16. The average molecular weight is 145 g/mol. The highest BCUT2D eigenvalue weighted by atomic mass is 35.6. The summed E-state index contributed by atoms with van der Waals surface area (Å²) in [5.41, 5.74) is 0. The van der Waals surface area contributed by atoms with E-state index in [1.54, 1.807) is 0 Å². The largest absolute Gasteiger partial charge is 0.440 e. The van der Waals surface area contributed by atoms with E-state index in [0.717, 1.165) is 15.4 Å². The summed E-state index contributed by atoms with van der Waals surface area (Å²) in [6.07, 6.45) is 0. The number of halogens is 2. The third-order valence-corrected chi connectivity index (χ3v) is 0. The van der Waals surface area contributed by atoms with Gasteiger partial charge < -0.3 is 3.34 Å². The fourth-order valence-electron chi connectivity index (χ4n) is 0. The van der Waals surface area contributed by atoms with E-state index in [-0.39, 0.29) is 0 Å². The molecule has 1 nitrogen and oxygen atoms in total. The van der Waals surface area contributed by atoms with E-state index < -0.39 is 0 Å². The maximum Gasteiger partial charge on any atom is 0.440 e. The summed E-state index contributed by atoms with van der Waals surface area (Å²) in [7, 11) is 4.78. The molecular weight excluding hydrogens is 141 g/mol. The van der Waals surface area contributed by atoms with Crippen LogP contribution in [0.3, 0.4) is 0 Å². The lowest BCUT2D eigenvalue weighted by Crippen LogP contribution is -1.46. The third-order valence-electron chi connectivity index (χ3n) is 0. The molecule has 0 unspecified atom stereocenters. The van der Waals surface area contributed by atoms with Crippen molar-refractivity contribution in [2.24, 2.45) is 0 Å². The van der Waals surface area contributed by atoms with Crippen LogP contribution in [0.15, 0.2) is 0 Å². The van der Waals surface area contributed by atoms with E-state index in [4.69, 9.17) is 10.0 Å². The first-order chi connectivity index (χ1) is 2.41. The van der Waals surface area contributed by atoms with E-state index in [1.165, 1.54) is 0 Å². The average Bonchev–Trinajstić information content (AvgIpc) is 1.46. The smallest absolute Gasteiger partial charge is 0.417 e. The van der Waals surface area contributed by atoms with Gasteiger partial charge in [0.1, 0.15) is 0 Å². The first-order valence-electron chi connectivity index (χ1n) is 0.941. The molecule has 0 aromatic heterocycles. The maximum atomic E-state index is 4.78. The Morgan fingerprint density at radius 2 is 1.40 bits per heavy atom. The maximum absolute atomic E-state index is 4.78. The Hall–Kier alpha value is 1.60. The molecule has 0 N–H and O–H groups in total. The van der Waals surface area contributed by atoms with Crippen LogP contribution < -0.4 is 0 Å². The molecule has 0 aliphatic carbocycles. The molecule has 0 aromatic rings. The van der Waals surface area contributed by atoms with Crippen LogP contribution in [0.25, 0.3) is 0 Å². The molecule has 0 aliphatic heterocycles. The third kappa shape index (κ3) is 28.3. The van der Waals surface area contributed by atoms with Gasteiger partial charge in [0, 0.05) is 11.9 Å². The summed E-state index contributed by atoms with van der Waals surface area (Å²) in [6.45, 7) is 0. The van der Waals surface area contributed by atoms with Gasteiger partial charge >= 0.3 is 32.0 Å². The zero-order chi connectivity index (χ0) is 4.71. The van der Waals surface area contributed by atoms with Crippen molar-refractivity contribution >= 4 is 53.9 Å². The normalized spacial score (nSPS) is 4.40. The highest BCUT2D eigenvalue weighted by Crippen LogP contribution is 1.57. The van der Waals surface area contributed by atoms with Crippen LogP contribution in [0.5, 0.6) is 0 Å². The second-order valence-electron chi connectivity index (χ2n) is 0.154. The van der Waals surface area contributed by atoms with Crippen molar-refractivity contribution in [3.63, 3.8) is 0 Å². The van der Waals surface area contributed by atoms with Crippen molar-refractivity contribution < 1.29 is 3.34 Å². The Morgan fingerprint density at radius 1 is 1.40 bits per heavy atom. The van der Waals surface area contributed by atoms with Gasteiger partial charge in [0.25, 0.3) is 0 Å². The molecular formula is H4Al2Cl2O. The molecule has 0 fully saturated rings. The minimum absolute atomic E-state index is 0.634. The molecule has 0 saturated carbocycles. The first kappa shape index (κ1) is 9.79. The molecule has 0 aromatic carbocycles. The second-order valence-corrected chi connectivity index (χ2v) is 1.39. The van der Waals surface area contributed by atoms with Gasteiger partial charge in [0.05, 0.1) is 0 Å². The lowest BCUT2D eigenvalue weighted by Gasteiger charge is -1.55. The van der Waals surface area contributed by atoms with Gasteiger partial charge in [-0.1, -0.05) is 0 Å². The monoisotopic (exact) mass is 144 g/mol. The molecule has 0 radical (unpaired) electrons. The van der Waals surface area contributed by atoms with Gasteiger partial charge in [-0.15, -0.1) is 0 Å². The van der Waals surface area contributed by atoms with E-state index >= 15 is 0 Å². The summed E-state index contributed by atoms with van der Waals surface area (Å²) < 4.78 is 3.86. The van der Waals surface area contributed by atoms with Crippen molar-refractivity contribution in [3.8, 4) is 0 Å². The molecule has 0 bridgehead atoms. The van der Waals surface area contributed by atoms with Crippen LogP contribution >= 0.6 is 21.9 Å². The molecule has 0 saturated heterocycles. The molecule has 0 spiro atoms. The Morgan fingerprint density at radius 3 is 1.40 bits per heavy atom. The van der Waals surface area contributed by atoms with Gasteiger partial charge in [0.2, 0.25) is 0 Å². The molecule has 0 amide bonds. The minimum atomic E-state index is 0.634. The zero-order valence-corrected chi connectivity index (χ0v) is 8.68. The van der Waals surface area contributed by atoms with Gasteiger partial charge in [-0.2, -0.15) is 0 Å². The fraction of sp³-hybridized carbons (Fsp3) is 0. The van der Waals surface area contributed by atoms with Crippen molar-refractivity contribution in [3.05, 3.63) is 0 Å². The predicted molar refractivity (Wildman–Crippen MR) is 29.9 cm³/mol. The lowest BCUT2D eigenvalue weighted by atomic mass is 15.9. The topological polar surface area (TPSA) is 9.23 Å².